The average molecular weight is 593 g/mol. The van der Waals surface area contributed by atoms with Gasteiger partial charge in [-0.1, -0.05) is 26.3 Å². The van der Waals surface area contributed by atoms with Gasteiger partial charge < -0.3 is 29.0 Å². The summed E-state index contributed by atoms with van der Waals surface area (Å²) in [5.74, 6) is -3.21. The number of halogens is 2. The number of nitrogens with one attached hydrogen (secondary N) is 1. The quantitative estimate of drug-likeness (QED) is 0.299. The summed E-state index contributed by atoms with van der Waals surface area (Å²) in [6, 6.07) is 3.92. The maximum absolute atomic E-state index is 14.6. The average Bonchev–Trinajstić information content (AvgIpc) is 2.97. The number of carbonyl (C=O) groups excluding carboxylic acids is 3. The van der Waals surface area contributed by atoms with E-state index in [0.29, 0.717) is 25.0 Å². The second-order valence-corrected chi connectivity index (χ2v) is 10.6. The molecule has 0 spiro atoms. The van der Waals surface area contributed by atoms with Gasteiger partial charge in [0.2, 0.25) is 6.79 Å². The first-order chi connectivity index (χ1) is 20.0. The number of aromatic nitrogens is 1. The SMILES string of the molecule is COc1ccnc(C(=O)NC2CCCC(Cc3ccc(F)cc3F)C(OCC(C)C)C(C)OC2=O)c1OCOC(C)=O. The first kappa shape index (κ1) is 32.7. The van der Waals surface area contributed by atoms with E-state index in [1.165, 1.54) is 38.4 Å². The molecule has 3 rings (SSSR count). The zero-order valence-corrected chi connectivity index (χ0v) is 24.5. The molecule has 0 aliphatic carbocycles. The van der Waals surface area contributed by atoms with Crippen molar-refractivity contribution in [3.63, 3.8) is 0 Å². The van der Waals surface area contributed by atoms with Gasteiger partial charge in [0.25, 0.3) is 5.91 Å². The normalized spacial score (nSPS) is 21.0. The number of benzene rings is 1. The van der Waals surface area contributed by atoms with Crippen molar-refractivity contribution in [3.05, 3.63) is 53.4 Å². The standard InChI is InChI=1S/C30H38F2N2O8/c1-17(2)15-39-27-18(3)42-30(37)24(8-6-7-21(27)13-20-9-10-22(31)14-23(20)32)34-29(36)26-28(41-16-40-19(4)35)25(38-5)11-12-33-26/h9-12,14,17-18,21,24,27H,6-8,13,15-16H2,1-5H3,(H,34,36). The summed E-state index contributed by atoms with van der Waals surface area (Å²) in [4.78, 5) is 41.8. The van der Waals surface area contributed by atoms with E-state index in [-0.39, 0.29) is 41.9 Å². The topological polar surface area (TPSA) is 122 Å². The minimum absolute atomic E-state index is 0.0629. The molecule has 0 saturated carbocycles. The Balaban J connectivity index is 1.81. The van der Waals surface area contributed by atoms with Gasteiger partial charge in [-0.05, 0) is 49.7 Å². The Morgan fingerprint density at radius 2 is 1.95 bits per heavy atom. The van der Waals surface area contributed by atoms with Crippen LogP contribution in [0.25, 0.3) is 0 Å². The number of rotatable bonds is 11. The van der Waals surface area contributed by atoms with Crippen LogP contribution in [0.4, 0.5) is 8.78 Å². The Kier molecular flexibility index (Phi) is 12.0. The molecule has 1 amide bonds. The lowest BCUT2D eigenvalue weighted by atomic mass is 9.86. The van der Waals surface area contributed by atoms with Crippen LogP contribution in [0.5, 0.6) is 11.5 Å². The molecule has 1 aliphatic rings. The molecule has 1 fully saturated rings. The van der Waals surface area contributed by atoms with E-state index in [0.717, 1.165) is 6.07 Å². The maximum atomic E-state index is 14.6. The second-order valence-electron chi connectivity index (χ2n) is 10.6. The van der Waals surface area contributed by atoms with Crippen LogP contribution in [-0.2, 0) is 30.2 Å². The highest BCUT2D eigenvalue weighted by Crippen LogP contribution is 2.31. The molecule has 0 bridgehead atoms. The first-order valence-corrected chi connectivity index (χ1v) is 13.9. The fourth-order valence-electron chi connectivity index (χ4n) is 4.77. The molecule has 4 atom stereocenters. The van der Waals surface area contributed by atoms with Gasteiger partial charge in [0.05, 0.1) is 13.2 Å². The molecule has 2 aromatic rings. The van der Waals surface area contributed by atoms with Crippen molar-refractivity contribution in [1.29, 1.82) is 0 Å². The van der Waals surface area contributed by atoms with Crippen molar-refractivity contribution < 1.29 is 46.8 Å². The smallest absolute Gasteiger partial charge is 0.329 e. The number of esters is 2. The molecule has 1 aromatic carbocycles. The van der Waals surface area contributed by atoms with E-state index < -0.39 is 54.5 Å². The number of nitrogens with zero attached hydrogens (tertiary/aromatic N) is 1. The highest BCUT2D eigenvalue weighted by molar-refractivity contribution is 5.98. The molecule has 4 unspecified atom stereocenters. The third kappa shape index (κ3) is 9.10. The fraction of sp³-hybridized carbons (Fsp3) is 0.533. The number of amides is 1. The van der Waals surface area contributed by atoms with Gasteiger partial charge in [0.1, 0.15) is 23.8 Å². The van der Waals surface area contributed by atoms with Crippen LogP contribution in [-0.4, -0.2) is 61.6 Å². The van der Waals surface area contributed by atoms with E-state index in [2.05, 4.69) is 10.3 Å². The Morgan fingerprint density at radius 3 is 2.62 bits per heavy atom. The fourth-order valence-corrected chi connectivity index (χ4v) is 4.77. The number of hydrogen-bond acceptors (Lipinski definition) is 9. The Labute approximate surface area is 244 Å². The molecule has 1 N–H and O–H groups in total. The van der Waals surface area contributed by atoms with Crippen LogP contribution in [0.3, 0.4) is 0 Å². The van der Waals surface area contributed by atoms with Crippen LogP contribution in [0.2, 0.25) is 0 Å². The predicted octanol–water partition coefficient (Wildman–Crippen LogP) is 4.38. The third-order valence-electron chi connectivity index (χ3n) is 6.77. The van der Waals surface area contributed by atoms with Crippen LogP contribution in [0, 0.1) is 23.5 Å². The summed E-state index contributed by atoms with van der Waals surface area (Å²) in [7, 11) is 1.37. The molecule has 230 valence electrons. The molecule has 42 heavy (non-hydrogen) atoms. The van der Waals surface area contributed by atoms with Crippen LogP contribution in [0.1, 0.15) is 63.0 Å². The van der Waals surface area contributed by atoms with Gasteiger partial charge in [-0.2, -0.15) is 0 Å². The summed E-state index contributed by atoms with van der Waals surface area (Å²) < 4.78 is 55.6. The second kappa shape index (κ2) is 15.4. The van der Waals surface area contributed by atoms with E-state index in [1.54, 1.807) is 6.92 Å². The summed E-state index contributed by atoms with van der Waals surface area (Å²) >= 11 is 0. The molecular weight excluding hydrogens is 554 g/mol. The number of hydrogen-bond donors (Lipinski definition) is 1. The minimum Gasteiger partial charge on any atom is -0.493 e. The minimum atomic E-state index is -1.03. The number of pyridine rings is 1. The highest BCUT2D eigenvalue weighted by atomic mass is 19.1. The Hall–Kier alpha value is -3.80. The molecule has 2 heterocycles. The van der Waals surface area contributed by atoms with E-state index in [9.17, 15) is 23.2 Å². The summed E-state index contributed by atoms with van der Waals surface area (Å²) in [6.45, 7) is 6.80. The Morgan fingerprint density at radius 1 is 1.19 bits per heavy atom. The summed E-state index contributed by atoms with van der Waals surface area (Å²) in [6.07, 6.45) is 1.54. The van der Waals surface area contributed by atoms with Crippen LogP contribution >= 0.6 is 0 Å². The number of carbonyl (C=O) groups is 3. The zero-order valence-electron chi connectivity index (χ0n) is 24.5. The molecular formula is C30H38F2N2O8. The largest absolute Gasteiger partial charge is 0.493 e. The lowest BCUT2D eigenvalue weighted by Crippen LogP contribution is -2.45. The predicted molar refractivity (Wildman–Crippen MR) is 147 cm³/mol. The molecule has 1 aromatic heterocycles. The molecule has 0 radical (unpaired) electrons. The van der Waals surface area contributed by atoms with Gasteiger partial charge in [0.15, 0.2) is 17.2 Å². The zero-order chi connectivity index (χ0) is 30.8. The van der Waals surface area contributed by atoms with E-state index in [4.69, 9.17) is 23.7 Å². The monoisotopic (exact) mass is 592 g/mol. The Bertz CT molecular complexity index is 1240. The van der Waals surface area contributed by atoms with Gasteiger partial charge in [-0.3, -0.25) is 9.59 Å². The van der Waals surface area contributed by atoms with Crippen LogP contribution in [0.15, 0.2) is 30.5 Å². The number of methoxy groups -OCH3 is 1. The van der Waals surface area contributed by atoms with Gasteiger partial charge >= 0.3 is 11.9 Å². The van der Waals surface area contributed by atoms with E-state index >= 15 is 0 Å². The molecule has 1 saturated heterocycles. The molecule has 12 heteroatoms. The van der Waals surface area contributed by atoms with Crippen molar-refractivity contribution in [1.82, 2.24) is 10.3 Å². The summed E-state index contributed by atoms with van der Waals surface area (Å²) in [5.41, 5.74) is 0.164. The highest BCUT2D eigenvalue weighted by Gasteiger charge is 2.36. The van der Waals surface area contributed by atoms with E-state index in [1.807, 2.05) is 13.8 Å². The first-order valence-electron chi connectivity index (χ1n) is 13.9. The van der Waals surface area contributed by atoms with Crippen molar-refractivity contribution in [3.8, 4) is 11.5 Å². The van der Waals surface area contributed by atoms with Crippen molar-refractivity contribution in [2.75, 3.05) is 20.5 Å². The van der Waals surface area contributed by atoms with Gasteiger partial charge in [-0.15, -0.1) is 0 Å². The lowest BCUT2D eigenvalue weighted by molar-refractivity contribution is -0.161. The number of cyclic esters (lactones) is 1. The van der Waals surface area contributed by atoms with Crippen LogP contribution < -0.4 is 14.8 Å². The molecule has 10 nitrogen and oxygen atoms in total. The van der Waals surface area contributed by atoms with Crippen molar-refractivity contribution in [2.24, 2.45) is 11.8 Å². The van der Waals surface area contributed by atoms with Crippen molar-refractivity contribution in [2.45, 2.75) is 71.6 Å². The van der Waals surface area contributed by atoms with Gasteiger partial charge in [-0.25, -0.2) is 18.6 Å². The van der Waals surface area contributed by atoms with Gasteiger partial charge in [0, 0.05) is 31.9 Å². The molecule has 1 aliphatic heterocycles. The third-order valence-corrected chi connectivity index (χ3v) is 6.77. The number of ether oxygens (including phenoxy) is 5. The summed E-state index contributed by atoms with van der Waals surface area (Å²) in [5, 5.41) is 2.68. The van der Waals surface area contributed by atoms with Crippen molar-refractivity contribution >= 4 is 17.8 Å². The lowest BCUT2D eigenvalue weighted by Gasteiger charge is -2.32. The maximum Gasteiger partial charge on any atom is 0.329 e.